The number of hydrogen-bond acceptors (Lipinski definition) is 4. The third-order valence-corrected chi connectivity index (χ3v) is 3.81. The van der Waals surface area contributed by atoms with E-state index in [0.29, 0.717) is 17.2 Å². The molecule has 0 aliphatic carbocycles. The fraction of sp³-hybridized carbons (Fsp3) is 0.316. The molecule has 0 heterocycles. The Kier molecular flexibility index (Phi) is 6.07. The zero-order valence-corrected chi connectivity index (χ0v) is 14.5. The van der Waals surface area contributed by atoms with Crippen molar-refractivity contribution in [3.8, 4) is 17.2 Å². The van der Waals surface area contributed by atoms with Crippen molar-refractivity contribution < 1.29 is 19.0 Å². The van der Waals surface area contributed by atoms with Crippen LogP contribution in [0.1, 0.15) is 24.1 Å². The smallest absolute Gasteiger partial charge is 0.225 e. The highest BCUT2D eigenvalue weighted by Gasteiger charge is 2.18. The van der Waals surface area contributed by atoms with E-state index >= 15 is 0 Å². The second-order valence-electron chi connectivity index (χ2n) is 5.37. The molecule has 0 fully saturated rings. The number of benzene rings is 2. The zero-order chi connectivity index (χ0) is 17.5. The average Bonchev–Trinajstić information content (AvgIpc) is 2.61. The van der Waals surface area contributed by atoms with Gasteiger partial charge in [-0.15, -0.1) is 0 Å². The summed E-state index contributed by atoms with van der Waals surface area (Å²) in [6, 6.07) is 13.4. The molecular weight excluding hydrogens is 306 g/mol. The van der Waals surface area contributed by atoms with Gasteiger partial charge in [0.2, 0.25) is 11.7 Å². The van der Waals surface area contributed by atoms with Gasteiger partial charge in [-0.3, -0.25) is 4.79 Å². The molecule has 0 saturated heterocycles. The molecule has 0 radical (unpaired) electrons. The number of amides is 1. The van der Waals surface area contributed by atoms with E-state index in [1.165, 1.54) is 0 Å². The molecular formula is C19H23NO4. The summed E-state index contributed by atoms with van der Waals surface area (Å²) in [5.41, 5.74) is 1.80. The van der Waals surface area contributed by atoms with E-state index in [9.17, 15) is 4.79 Å². The lowest BCUT2D eigenvalue weighted by molar-refractivity contribution is -0.121. The van der Waals surface area contributed by atoms with Crippen molar-refractivity contribution in [1.29, 1.82) is 0 Å². The van der Waals surface area contributed by atoms with E-state index < -0.39 is 0 Å². The quantitative estimate of drug-likeness (QED) is 0.848. The van der Waals surface area contributed by atoms with Gasteiger partial charge >= 0.3 is 0 Å². The molecule has 1 amide bonds. The predicted octanol–water partition coefficient (Wildman–Crippen LogP) is 3.13. The molecule has 1 N–H and O–H groups in total. The number of hydrogen-bond donors (Lipinski definition) is 1. The van der Waals surface area contributed by atoms with Crippen molar-refractivity contribution in [2.24, 2.45) is 0 Å². The Hall–Kier alpha value is -2.69. The van der Waals surface area contributed by atoms with Gasteiger partial charge in [-0.05, 0) is 18.6 Å². The van der Waals surface area contributed by atoms with E-state index in [1.807, 2.05) is 43.3 Å². The highest BCUT2D eigenvalue weighted by atomic mass is 16.5. The maximum atomic E-state index is 12.4. The molecule has 2 aromatic rings. The highest BCUT2D eigenvalue weighted by Crippen LogP contribution is 2.39. The third-order valence-electron chi connectivity index (χ3n) is 3.81. The monoisotopic (exact) mass is 329 g/mol. The number of carbonyl (C=O) groups excluding carboxylic acids is 1. The van der Waals surface area contributed by atoms with Crippen LogP contribution in [0, 0.1) is 0 Å². The van der Waals surface area contributed by atoms with E-state index in [-0.39, 0.29) is 18.4 Å². The second kappa shape index (κ2) is 8.24. The van der Waals surface area contributed by atoms with E-state index in [0.717, 1.165) is 11.1 Å². The van der Waals surface area contributed by atoms with Crippen LogP contribution in [0.5, 0.6) is 17.2 Å². The number of methoxy groups -OCH3 is 3. The molecule has 0 aliphatic heterocycles. The lowest BCUT2D eigenvalue weighted by atomic mass is 10.1. The molecule has 5 heteroatoms. The molecule has 2 aromatic carbocycles. The molecule has 5 nitrogen and oxygen atoms in total. The lowest BCUT2D eigenvalue weighted by Gasteiger charge is -2.17. The Labute approximate surface area is 142 Å². The van der Waals surface area contributed by atoms with Crippen molar-refractivity contribution in [1.82, 2.24) is 5.32 Å². The van der Waals surface area contributed by atoms with Gasteiger partial charge < -0.3 is 19.5 Å². The first-order valence-corrected chi connectivity index (χ1v) is 7.72. The maximum Gasteiger partial charge on any atom is 0.225 e. The molecule has 0 bridgehead atoms. The van der Waals surface area contributed by atoms with Crippen molar-refractivity contribution >= 4 is 5.91 Å². The van der Waals surface area contributed by atoms with Crippen LogP contribution in [0.25, 0.3) is 0 Å². The summed E-state index contributed by atoms with van der Waals surface area (Å²) in [5.74, 6) is 1.48. The summed E-state index contributed by atoms with van der Waals surface area (Å²) in [7, 11) is 4.65. The minimum atomic E-state index is -0.0862. The van der Waals surface area contributed by atoms with Crippen LogP contribution in [0.4, 0.5) is 0 Å². The molecule has 0 aromatic heterocycles. The standard InChI is InChI=1S/C19H23NO4/c1-13(14-8-6-5-7-9-14)20-17(21)12-15-10-11-16(22-2)19(24-4)18(15)23-3/h5-11,13H,12H2,1-4H3,(H,20,21)/t13-/m0/s1. The molecule has 128 valence electrons. The summed E-state index contributed by atoms with van der Waals surface area (Å²) in [4.78, 5) is 12.4. The van der Waals surface area contributed by atoms with Crippen LogP contribution in [-0.2, 0) is 11.2 Å². The van der Waals surface area contributed by atoms with Gasteiger partial charge in [0.15, 0.2) is 11.5 Å². The van der Waals surface area contributed by atoms with Gasteiger partial charge in [0.05, 0.1) is 33.8 Å². The first-order valence-electron chi connectivity index (χ1n) is 7.72. The Balaban J connectivity index is 2.14. The number of carbonyl (C=O) groups is 1. The van der Waals surface area contributed by atoms with Crippen LogP contribution in [0.2, 0.25) is 0 Å². The van der Waals surface area contributed by atoms with Crippen LogP contribution < -0.4 is 19.5 Å². The Morgan fingerprint density at radius 1 is 0.958 bits per heavy atom. The molecule has 0 unspecified atom stereocenters. The number of nitrogens with one attached hydrogen (secondary N) is 1. The predicted molar refractivity (Wildman–Crippen MR) is 92.8 cm³/mol. The van der Waals surface area contributed by atoms with Crippen molar-refractivity contribution in [3.05, 3.63) is 53.6 Å². The zero-order valence-electron chi connectivity index (χ0n) is 14.5. The van der Waals surface area contributed by atoms with Crippen LogP contribution in [0.3, 0.4) is 0 Å². The van der Waals surface area contributed by atoms with E-state index in [2.05, 4.69) is 5.32 Å². The average molecular weight is 329 g/mol. The van der Waals surface area contributed by atoms with Crippen LogP contribution in [-0.4, -0.2) is 27.2 Å². The SMILES string of the molecule is COc1ccc(CC(=O)N[C@@H](C)c2ccccc2)c(OC)c1OC. The maximum absolute atomic E-state index is 12.4. The lowest BCUT2D eigenvalue weighted by Crippen LogP contribution is -2.28. The summed E-state index contributed by atoms with van der Waals surface area (Å²) in [6.07, 6.45) is 0.195. The van der Waals surface area contributed by atoms with Crippen molar-refractivity contribution in [3.63, 3.8) is 0 Å². The highest BCUT2D eigenvalue weighted by molar-refractivity contribution is 5.80. The fourth-order valence-corrected chi connectivity index (χ4v) is 2.59. The summed E-state index contributed by atoms with van der Waals surface area (Å²) in [5, 5.41) is 3.00. The minimum absolute atomic E-state index is 0.0650. The Bertz CT molecular complexity index is 685. The normalized spacial score (nSPS) is 11.5. The summed E-state index contributed by atoms with van der Waals surface area (Å²) >= 11 is 0. The Morgan fingerprint density at radius 2 is 1.62 bits per heavy atom. The van der Waals surface area contributed by atoms with Crippen molar-refractivity contribution in [2.75, 3.05) is 21.3 Å². The Morgan fingerprint density at radius 3 is 2.21 bits per heavy atom. The molecule has 1 atom stereocenters. The molecule has 0 saturated carbocycles. The van der Waals surface area contributed by atoms with Gasteiger partial charge in [0.25, 0.3) is 0 Å². The first-order chi connectivity index (χ1) is 11.6. The van der Waals surface area contributed by atoms with Gasteiger partial charge in [0.1, 0.15) is 0 Å². The van der Waals surface area contributed by atoms with Gasteiger partial charge in [0, 0.05) is 5.56 Å². The van der Waals surface area contributed by atoms with Crippen LogP contribution >= 0.6 is 0 Å². The third kappa shape index (κ3) is 3.98. The summed E-state index contributed by atoms with van der Waals surface area (Å²) < 4.78 is 16.0. The van der Waals surface area contributed by atoms with Gasteiger partial charge in [-0.25, -0.2) is 0 Å². The first kappa shape index (κ1) is 17.7. The second-order valence-corrected chi connectivity index (χ2v) is 5.37. The molecule has 24 heavy (non-hydrogen) atoms. The molecule has 0 aliphatic rings. The molecule has 2 rings (SSSR count). The molecule has 0 spiro atoms. The number of rotatable bonds is 7. The van der Waals surface area contributed by atoms with E-state index in [1.54, 1.807) is 27.4 Å². The van der Waals surface area contributed by atoms with E-state index in [4.69, 9.17) is 14.2 Å². The minimum Gasteiger partial charge on any atom is -0.493 e. The topological polar surface area (TPSA) is 56.8 Å². The van der Waals surface area contributed by atoms with Crippen molar-refractivity contribution in [2.45, 2.75) is 19.4 Å². The fourth-order valence-electron chi connectivity index (χ4n) is 2.59. The largest absolute Gasteiger partial charge is 0.493 e. The number of ether oxygens (including phenoxy) is 3. The van der Waals surface area contributed by atoms with Gasteiger partial charge in [-0.2, -0.15) is 0 Å². The van der Waals surface area contributed by atoms with Crippen LogP contribution in [0.15, 0.2) is 42.5 Å². The van der Waals surface area contributed by atoms with Gasteiger partial charge in [-0.1, -0.05) is 36.4 Å². The summed E-state index contributed by atoms with van der Waals surface area (Å²) in [6.45, 7) is 1.96.